The summed E-state index contributed by atoms with van der Waals surface area (Å²) < 4.78 is 5.73. The highest BCUT2D eigenvalue weighted by molar-refractivity contribution is 6.58. The Morgan fingerprint density at radius 2 is 1.64 bits per heavy atom. The molecular weight excluding hydrogens is 348 g/mol. The molecule has 4 heteroatoms. The lowest BCUT2D eigenvalue weighted by atomic mass is 9.76. The van der Waals surface area contributed by atoms with Crippen LogP contribution in [0.25, 0.3) is 0 Å². The number of hydrogen-bond donors (Lipinski definition) is 0. The summed E-state index contributed by atoms with van der Waals surface area (Å²) in [4.78, 5) is 12.2. The largest absolute Gasteiger partial charge is 0.459 e. The maximum Gasteiger partial charge on any atom is 0.338 e. The third-order valence-electron chi connectivity index (χ3n) is 6.33. The Kier molecular flexibility index (Phi) is 7.00. The summed E-state index contributed by atoms with van der Waals surface area (Å²) in [7, 11) is -0.368. The molecule has 1 aromatic carbocycles. The molecule has 1 heterocycles. The number of carbonyl (C=O) groups is 1. The topological polar surface area (TPSA) is 26.3 Å². The van der Waals surface area contributed by atoms with Crippen molar-refractivity contribution in [2.75, 3.05) is 0 Å². The number of halogens is 1. The highest BCUT2D eigenvalue weighted by atomic mass is 35.5. The predicted octanol–water partition coefficient (Wildman–Crippen LogP) is 6.10. The Hall–Kier alpha value is -0.803. The van der Waals surface area contributed by atoms with Gasteiger partial charge in [-0.15, -0.1) is 0 Å². The Balaban J connectivity index is 1.41. The van der Waals surface area contributed by atoms with E-state index >= 15 is 0 Å². The molecule has 1 aromatic rings. The van der Waals surface area contributed by atoms with Gasteiger partial charge < -0.3 is 4.74 Å². The smallest absolute Gasteiger partial charge is 0.338 e. The second-order valence-electron chi connectivity index (χ2n) is 8.02. The van der Waals surface area contributed by atoms with Gasteiger partial charge in [-0.3, -0.25) is 0 Å². The molecule has 2 fully saturated rings. The van der Waals surface area contributed by atoms with E-state index in [2.05, 4.69) is 6.92 Å². The fourth-order valence-electron chi connectivity index (χ4n) is 4.84. The fourth-order valence-corrected chi connectivity index (χ4v) is 8.45. The van der Waals surface area contributed by atoms with Crippen LogP contribution >= 0.6 is 11.6 Å². The van der Waals surface area contributed by atoms with Gasteiger partial charge in [0.2, 0.25) is 0 Å². The second kappa shape index (κ2) is 9.23. The van der Waals surface area contributed by atoms with Gasteiger partial charge in [-0.1, -0.05) is 55.9 Å². The molecule has 1 aliphatic heterocycles. The summed E-state index contributed by atoms with van der Waals surface area (Å²) >= 11 is 5.87. The molecule has 0 spiro atoms. The van der Waals surface area contributed by atoms with E-state index in [1.807, 2.05) is 0 Å². The van der Waals surface area contributed by atoms with Crippen LogP contribution < -0.4 is 0 Å². The summed E-state index contributed by atoms with van der Waals surface area (Å²) in [5.74, 6) is 1.63. The fraction of sp³-hybridized carbons (Fsp3) is 0.667. The predicted molar refractivity (Wildman–Crippen MR) is 107 cm³/mol. The number of carbonyl (C=O) groups excluding carboxylic acids is 1. The summed E-state index contributed by atoms with van der Waals surface area (Å²) in [5, 5.41) is 0.647. The van der Waals surface area contributed by atoms with Crippen molar-refractivity contribution >= 4 is 26.4 Å². The van der Waals surface area contributed by atoms with Crippen molar-refractivity contribution in [2.24, 2.45) is 11.8 Å². The molecule has 0 aromatic heterocycles. The number of esters is 1. The van der Waals surface area contributed by atoms with Crippen molar-refractivity contribution in [3.05, 3.63) is 34.9 Å². The van der Waals surface area contributed by atoms with Crippen LogP contribution in [-0.2, 0) is 4.74 Å². The minimum atomic E-state index is -0.368. The molecule has 0 bridgehead atoms. The van der Waals surface area contributed by atoms with E-state index in [9.17, 15) is 4.79 Å². The zero-order chi connectivity index (χ0) is 17.6. The Morgan fingerprint density at radius 3 is 2.24 bits per heavy atom. The summed E-state index contributed by atoms with van der Waals surface area (Å²) in [6.45, 7) is 2.34. The van der Waals surface area contributed by atoms with Crippen molar-refractivity contribution in [1.29, 1.82) is 0 Å². The Labute approximate surface area is 158 Å². The molecule has 1 aliphatic carbocycles. The highest BCUT2D eigenvalue weighted by Gasteiger charge is 2.32. The molecule has 0 N–H and O–H groups in total. The molecule has 0 atom stereocenters. The van der Waals surface area contributed by atoms with Crippen LogP contribution in [0.4, 0.5) is 0 Å². The van der Waals surface area contributed by atoms with Gasteiger partial charge >= 0.3 is 5.97 Å². The normalized spacial score (nSPS) is 30.0. The molecule has 0 unspecified atom stereocenters. The zero-order valence-corrected chi connectivity index (χ0v) is 17.3. The van der Waals surface area contributed by atoms with Crippen LogP contribution in [0.1, 0.15) is 62.2 Å². The van der Waals surface area contributed by atoms with E-state index in [0.29, 0.717) is 10.6 Å². The minimum absolute atomic E-state index is 0.102. The van der Waals surface area contributed by atoms with E-state index in [0.717, 1.165) is 24.7 Å². The molecule has 1 saturated carbocycles. The molecule has 138 valence electrons. The van der Waals surface area contributed by atoms with Crippen LogP contribution in [0.5, 0.6) is 0 Å². The average Bonchev–Trinajstić information content (AvgIpc) is 2.64. The van der Waals surface area contributed by atoms with Gasteiger partial charge in [-0.05, 0) is 61.8 Å². The first-order valence-corrected chi connectivity index (χ1v) is 12.9. The van der Waals surface area contributed by atoms with Gasteiger partial charge in [0, 0.05) is 13.8 Å². The summed E-state index contributed by atoms with van der Waals surface area (Å²) in [5.41, 5.74) is 0.603. The number of benzene rings is 1. The third-order valence-corrected chi connectivity index (χ3v) is 10.3. The highest BCUT2D eigenvalue weighted by Crippen LogP contribution is 2.40. The molecule has 2 aliphatic rings. The zero-order valence-electron chi connectivity index (χ0n) is 15.4. The first-order valence-electron chi connectivity index (χ1n) is 10.1. The van der Waals surface area contributed by atoms with Crippen LogP contribution in [0.15, 0.2) is 24.3 Å². The maximum absolute atomic E-state index is 12.2. The third kappa shape index (κ3) is 5.34. The van der Waals surface area contributed by atoms with Crippen LogP contribution in [0.2, 0.25) is 23.2 Å². The van der Waals surface area contributed by atoms with E-state index in [1.165, 1.54) is 32.1 Å². The molecule has 3 rings (SSSR count). The molecule has 0 amide bonds. The first-order chi connectivity index (χ1) is 12.2. The van der Waals surface area contributed by atoms with Gasteiger partial charge in [0.15, 0.2) is 0 Å². The van der Waals surface area contributed by atoms with Crippen molar-refractivity contribution in [2.45, 2.75) is 76.1 Å². The lowest BCUT2D eigenvalue weighted by Crippen LogP contribution is -2.31. The molecule has 25 heavy (non-hydrogen) atoms. The van der Waals surface area contributed by atoms with Gasteiger partial charge in [0.05, 0.1) is 5.56 Å². The first kappa shape index (κ1) is 19.0. The lowest BCUT2D eigenvalue weighted by molar-refractivity contribution is 0.0127. The van der Waals surface area contributed by atoms with Crippen LogP contribution in [0.3, 0.4) is 0 Å². The Bertz CT molecular complexity index is 544. The molecule has 0 radical (unpaired) electrons. The van der Waals surface area contributed by atoms with E-state index in [-0.39, 0.29) is 20.9 Å². The van der Waals surface area contributed by atoms with Gasteiger partial charge in [-0.25, -0.2) is 4.79 Å². The van der Waals surface area contributed by atoms with Crippen molar-refractivity contribution in [1.82, 2.24) is 0 Å². The SMILES string of the molecule is CCC[SiH]1CCC(C2CCC(OC(=O)c3ccc(Cl)cc3)CC2)CC1. The monoisotopic (exact) mass is 378 g/mol. The number of rotatable bonds is 5. The van der Waals surface area contributed by atoms with Gasteiger partial charge in [0.1, 0.15) is 6.10 Å². The van der Waals surface area contributed by atoms with Crippen LogP contribution in [0, 0.1) is 11.8 Å². The number of hydrogen-bond acceptors (Lipinski definition) is 2. The van der Waals surface area contributed by atoms with Gasteiger partial charge in [-0.2, -0.15) is 0 Å². The molecular formula is C21H31ClO2Si. The quantitative estimate of drug-likeness (QED) is 0.456. The lowest BCUT2D eigenvalue weighted by Gasteiger charge is -2.37. The second-order valence-corrected chi connectivity index (χ2v) is 11.9. The number of ether oxygens (including phenoxy) is 1. The van der Waals surface area contributed by atoms with Gasteiger partial charge in [0.25, 0.3) is 0 Å². The van der Waals surface area contributed by atoms with E-state index in [1.54, 1.807) is 42.4 Å². The summed E-state index contributed by atoms with van der Waals surface area (Å²) in [6, 6.07) is 11.7. The van der Waals surface area contributed by atoms with Crippen molar-refractivity contribution in [3.63, 3.8) is 0 Å². The average molecular weight is 379 g/mol. The molecule has 1 saturated heterocycles. The standard InChI is InChI=1S/C21H31ClO2Si/c1-2-13-25-14-11-17(12-15-25)16-5-9-20(10-6-16)24-21(23)18-3-7-19(22)8-4-18/h3-4,7-8,16-17,20,25H,2,5-6,9-15H2,1H3. The van der Waals surface area contributed by atoms with E-state index in [4.69, 9.17) is 16.3 Å². The van der Waals surface area contributed by atoms with Crippen molar-refractivity contribution < 1.29 is 9.53 Å². The van der Waals surface area contributed by atoms with E-state index < -0.39 is 0 Å². The molecule has 2 nitrogen and oxygen atoms in total. The maximum atomic E-state index is 12.2. The van der Waals surface area contributed by atoms with Crippen LogP contribution in [-0.4, -0.2) is 20.9 Å². The summed E-state index contributed by atoms with van der Waals surface area (Å²) in [6.07, 6.45) is 9.02. The Morgan fingerprint density at radius 1 is 1.04 bits per heavy atom. The van der Waals surface area contributed by atoms with Crippen molar-refractivity contribution in [3.8, 4) is 0 Å². The minimum Gasteiger partial charge on any atom is -0.459 e.